The third-order valence-electron chi connectivity index (χ3n) is 3.50. The number of hydrogen-bond donors (Lipinski definition) is 1. The molecule has 0 radical (unpaired) electrons. The molecule has 2 aromatic rings. The molecule has 108 valence electrons. The Labute approximate surface area is 122 Å². The molecule has 0 unspecified atom stereocenters. The van der Waals surface area contributed by atoms with Gasteiger partial charge in [-0.1, -0.05) is 25.1 Å². The molecule has 1 aromatic heterocycles. The minimum atomic E-state index is -0.262. The van der Waals surface area contributed by atoms with Gasteiger partial charge in [-0.2, -0.15) is 0 Å². The number of anilines is 1. The van der Waals surface area contributed by atoms with Crippen molar-refractivity contribution in [1.82, 2.24) is 4.90 Å². The van der Waals surface area contributed by atoms with Gasteiger partial charge in [0.2, 0.25) is 5.91 Å². The molecule has 0 saturated carbocycles. The molecule has 0 saturated heterocycles. The largest absolute Gasteiger partial charge is 0.456 e. The van der Waals surface area contributed by atoms with E-state index in [9.17, 15) is 9.59 Å². The topological polar surface area (TPSA) is 62.6 Å². The lowest BCUT2D eigenvalue weighted by Gasteiger charge is -2.18. The number of amides is 2. The number of carbonyl (C=O) groups is 2. The van der Waals surface area contributed by atoms with E-state index in [2.05, 4.69) is 5.32 Å². The number of furan rings is 1. The highest BCUT2D eigenvalue weighted by Gasteiger charge is 2.25. The van der Waals surface area contributed by atoms with Gasteiger partial charge in [0.25, 0.3) is 5.91 Å². The predicted octanol–water partition coefficient (Wildman–Crippen LogP) is 2.44. The van der Waals surface area contributed by atoms with E-state index < -0.39 is 0 Å². The van der Waals surface area contributed by atoms with Gasteiger partial charge in [-0.25, -0.2) is 0 Å². The number of aryl methyl sites for hydroxylation is 1. The summed E-state index contributed by atoms with van der Waals surface area (Å²) in [7, 11) is 0. The van der Waals surface area contributed by atoms with Crippen molar-refractivity contribution in [1.29, 1.82) is 0 Å². The first kappa shape index (κ1) is 13.4. The van der Waals surface area contributed by atoms with E-state index in [0.29, 0.717) is 6.54 Å². The number of para-hydroxylation sites is 1. The average molecular weight is 284 g/mol. The Morgan fingerprint density at radius 3 is 2.81 bits per heavy atom. The monoisotopic (exact) mass is 284 g/mol. The Morgan fingerprint density at radius 1 is 1.24 bits per heavy atom. The SMILES string of the molecule is CCc1ccc(C(=O)N2CC(=O)Nc3ccccc3C2)o1. The molecule has 5 heteroatoms. The van der Waals surface area contributed by atoms with Crippen molar-refractivity contribution < 1.29 is 14.0 Å². The number of fused-ring (bicyclic) bond motifs is 1. The first-order valence-corrected chi connectivity index (χ1v) is 6.93. The third kappa shape index (κ3) is 2.67. The minimum Gasteiger partial charge on any atom is -0.456 e. The number of benzene rings is 1. The summed E-state index contributed by atoms with van der Waals surface area (Å²) in [6.45, 7) is 2.37. The van der Waals surface area contributed by atoms with E-state index in [-0.39, 0.29) is 24.1 Å². The molecule has 1 aromatic carbocycles. The molecule has 0 aliphatic carbocycles. The zero-order valence-corrected chi connectivity index (χ0v) is 11.8. The summed E-state index contributed by atoms with van der Waals surface area (Å²) in [5.41, 5.74) is 1.67. The Balaban J connectivity index is 1.88. The third-order valence-corrected chi connectivity index (χ3v) is 3.50. The lowest BCUT2D eigenvalue weighted by Crippen LogP contribution is -2.35. The zero-order valence-electron chi connectivity index (χ0n) is 11.8. The first-order chi connectivity index (χ1) is 10.2. The molecule has 0 atom stereocenters. The number of nitrogens with zero attached hydrogens (tertiary/aromatic N) is 1. The quantitative estimate of drug-likeness (QED) is 0.921. The maximum Gasteiger partial charge on any atom is 0.290 e. The molecule has 1 aliphatic heterocycles. The highest BCUT2D eigenvalue weighted by molar-refractivity contribution is 5.99. The van der Waals surface area contributed by atoms with Crippen LogP contribution in [-0.2, 0) is 17.8 Å². The lowest BCUT2D eigenvalue weighted by molar-refractivity contribution is -0.116. The molecule has 2 heterocycles. The van der Waals surface area contributed by atoms with E-state index in [1.165, 1.54) is 4.90 Å². The fourth-order valence-corrected chi connectivity index (χ4v) is 2.39. The normalized spacial score (nSPS) is 14.3. The molecule has 1 N–H and O–H groups in total. The van der Waals surface area contributed by atoms with Gasteiger partial charge in [-0.05, 0) is 23.8 Å². The van der Waals surface area contributed by atoms with Gasteiger partial charge in [0.1, 0.15) is 12.3 Å². The average Bonchev–Trinajstić information content (AvgIpc) is 2.89. The van der Waals surface area contributed by atoms with Gasteiger partial charge in [-0.15, -0.1) is 0 Å². The van der Waals surface area contributed by atoms with Crippen LogP contribution in [0.4, 0.5) is 5.69 Å². The predicted molar refractivity (Wildman–Crippen MR) is 77.9 cm³/mol. The van der Waals surface area contributed by atoms with Gasteiger partial charge < -0.3 is 14.6 Å². The second-order valence-electron chi connectivity index (χ2n) is 4.99. The summed E-state index contributed by atoms with van der Waals surface area (Å²) >= 11 is 0. The van der Waals surface area contributed by atoms with Crippen LogP contribution in [0.25, 0.3) is 0 Å². The fraction of sp³-hybridized carbons (Fsp3) is 0.250. The molecule has 0 fully saturated rings. The molecular weight excluding hydrogens is 268 g/mol. The fourth-order valence-electron chi connectivity index (χ4n) is 2.39. The van der Waals surface area contributed by atoms with E-state index in [1.807, 2.05) is 31.2 Å². The van der Waals surface area contributed by atoms with E-state index in [1.54, 1.807) is 12.1 Å². The molecule has 1 aliphatic rings. The van der Waals surface area contributed by atoms with Crippen molar-refractivity contribution in [2.24, 2.45) is 0 Å². The van der Waals surface area contributed by atoms with Crippen molar-refractivity contribution in [2.75, 3.05) is 11.9 Å². The smallest absolute Gasteiger partial charge is 0.290 e. The second-order valence-corrected chi connectivity index (χ2v) is 4.99. The molecule has 3 rings (SSSR count). The molecule has 0 bridgehead atoms. The van der Waals surface area contributed by atoms with Crippen LogP contribution in [0.3, 0.4) is 0 Å². The van der Waals surface area contributed by atoms with Gasteiger partial charge in [-0.3, -0.25) is 9.59 Å². The number of carbonyl (C=O) groups excluding carboxylic acids is 2. The van der Waals surface area contributed by atoms with Gasteiger partial charge >= 0.3 is 0 Å². The molecule has 21 heavy (non-hydrogen) atoms. The van der Waals surface area contributed by atoms with Crippen molar-refractivity contribution in [3.63, 3.8) is 0 Å². The van der Waals surface area contributed by atoms with E-state index >= 15 is 0 Å². The van der Waals surface area contributed by atoms with Crippen LogP contribution in [0.5, 0.6) is 0 Å². The van der Waals surface area contributed by atoms with Crippen LogP contribution in [0.15, 0.2) is 40.8 Å². The standard InChI is InChI=1S/C16H16N2O3/c1-2-12-7-8-14(21-12)16(20)18-9-11-5-3-4-6-13(11)17-15(19)10-18/h3-8H,2,9-10H2,1H3,(H,17,19). The van der Waals surface area contributed by atoms with Crippen molar-refractivity contribution >= 4 is 17.5 Å². The van der Waals surface area contributed by atoms with Crippen molar-refractivity contribution in [3.8, 4) is 0 Å². The first-order valence-electron chi connectivity index (χ1n) is 6.93. The summed E-state index contributed by atoms with van der Waals surface area (Å²) in [5, 5.41) is 2.81. The van der Waals surface area contributed by atoms with Crippen LogP contribution in [0, 0.1) is 0 Å². The molecule has 5 nitrogen and oxygen atoms in total. The number of rotatable bonds is 2. The highest BCUT2D eigenvalue weighted by Crippen LogP contribution is 2.22. The van der Waals surface area contributed by atoms with E-state index in [0.717, 1.165) is 23.4 Å². The molecular formula is C16H16N2O3. The molecule has 2 amide bonds. The maximum atomic E-state index is 12.5. The lowest BCUT2D eigenvalue weighted by atomic mass is 10.1. The Hall–Kier alpha value is -2.56. The summed E-state index contributed by atoms with van der Waals surface area (Å²) < 4.78 is 5.49. The van der Waals surface area contributed by atoms with Gasteiger partial charge in [0.05, 0.1) is 0 Å². The summed E-state index contributed by atoms with van der Waals surface area (Å²) in [4.78, 5) is 25.9. The summed E-state index contributed by atoms with van der Waals surface area (Å²) in [6, 6.07) is 10.9. The zero-order chi connectivity index (χ0) is 14.8. The summed E-state index contributed by atoms with van der Waals surface area (Å²) in [5.74, 6) is 0.578. The van der Waals surface area contributed by atoms with Gasteiger partial charge in [0.15, 0.2) is 5.76 Å². The summed E-state index contributed by atoms with van der Waals surface area (Å²) in [6.07, 6.45) is 0.733. The maximum absolute atomic E-state index is 12.5. The van der Waals surface area contributed by atoms with Crippen LogP contribution in [0.1, 0.15) is 28.8 Å². The van der Waals surface area contributed by atoms with Crippen LogP contribution in [-0.4, -0.2) is 23.3 Å². The Bertz CT molecular complexity index is 690. The minimum absolute atomic E-state index is 0.0235. The molecule has 0 spiro atoms. The van der Waals surface area contributed by atoms with E-state index in [4.69, 9.17) is 4.42 Å². The number of nitrogens with one attached hydrogen (secondary N) is 1. The Morgan fingerprint density at radius 2 is 2.05 bits per heavy atom. The van der Waals surface area contributed by atoms with Crippen LogP contribution >= 0.6 is 0 Å². The second kappa shape index (κ2) is 5.44. The Kier molecular flexibility index (Phi) is 3.48. The van der Waals surface area contributed by atoms with Crippen LogP contribution in [0.2, 0.25) is 0 Å². The van der Waals surface area contributed by atoms with Crippen molar-refractivity contribution in [3.05, 3.63) is 53.5 Å². The number of hydrogen-bond acceptors (Lipinski definition) is 3. The van der Waals surface area contributed by atoms with Crippen LogP contribution < -0.4 is 5.32 Å². The van der Waals surface area contributed by atoms with Gasteiger partial charge in [0, 0.05) is 18.7 Å². The van der Waals surface area contributed by atoms with Crippen molar-refractivity contribution in [2.45, 2.75) is 19.9 Å². The highest BCUT2D eigenvalue weighted by atomic mass is 16.4.